The first kappa shape index (κ1) is 22.8. The molecule has 2 heterocycles. The molecule has 0 atom stereocenters. The molecule has 0 saturated heterocycles. The average molecular weight is 444 g/mol. The fourth-order valence-corrected chi connectivity index (χ4v) is 3.15. The number of esters is 1. The minimum atomic E-state index is -0.792. The number of ether oxygens (including phenoxy) is 3. The number of carbonyl (C=O) groups excluding carboxylic acids is 2. The third-order valence-electron chi connectivity index (χ3n) is 4.74. The van der Waals surface area contributed by atoms with E-state index in [2.05, 4.69) is 15.5 Å². The second-order valence-electron chi connectivity index (χ2n) is 6.77. The van der Waals surface area contributed by atoms with E-state index < -0.39 is 11.5 Å². The molecule has 2 aromatic heterocycles. The van der Waals surface area contributed by atoms with Crippen molar-refractivity contribution < 1.29 is 28.3 Å². The van der Waals surface area contributed by atoms with Gasteiger partial charge in [0.2, 0.25) is 11.6 Å². The van der Waals surface area contributed by atoms with Gasteiger partial charge in [-0.25, -0.2) is 4.79 Å². The number of hydrogen-bond acceptors (Lipinski definition) is 9. The first-order valence-corrected chi connectivity index (χ1v) is 9.91. The van der Waals surface area contributed by atoms with Crippen molar-refractivity contribution in [1.29, 1.82) is 0 Å². The van der Waals surface area contributed by atoms with Crippen LogP contribution in [-0.2, 0) is 22.5 Å². The average Bonchev–Trinajstić information content (AvgIpc) is 3.20. The summed E-state index contributed by atoms with van der Waals surface area (Å²) >= 11 is 0. The van der Waals surface area contributed by atoms with Crippen molar-refractivity contribution in [2.45, 2.75) is 26.8 Å². The van der Waals surface area contributed by atoms with Crippen LogP contribution in [0.5, 0.6) is 11.5 Å². The number of amides is 1. The maximum Gasteiger partial charge on any atom is 0.361 e. The molecule has 1 amide bonds. The van der Waals surface area contributed by atoms with Crippen molar-refractivity contribution in [3.63, 3.8) is 0 Å². The molecule has 0 saturated carbocycles. The van der Waals surface area contributed by atoms with Gasteiger partial charge in [-0.2, -0.15) is 4.98 Å². The third-order valence-corrected chi connectivity index (χ3v) is 4.74. The fraction of sp³-hybridized carbons (Fsp3) is 0.381. The maximum atomic E-state index is 12.9. The summed E-state index contributed by atoms with van der Waals surface area (Å²) in [5.41, 5.74) is -0.00240. The monoisotopic (exact) mass is 444 g/mol. The zero-order valence-corrected chi connectivity index (χ0v) is 18.3. The molecule has 0 aliphatic rings. The second-order valence-corrected chi connectivity index (χ2v) is 6.77. The topological polar surface area (TPSA) is 135 Å². The van der Waals surface area contributed by atoms with Gasteiger partial charge in [0.05, 0.1) is 20.8 Å². The van der Waals surface area contributed by atoms with Gasteiger partial charge in [-0.3, -0.25) is 14.2 Å². The van der Waals surface area contributed by atoms with Crippen LogP contribution in [0.1, 0.15) is 28.8 Å². The number of fused-ring (bicyclic) bond motifs is 1. The normalized spacial score (nSPS) is 10.8. The lowest BCUT2D eigenvalue weighted by Crippen LogP contribution is -2.35. The molecule has 1 N–H and O–H groups in total. The summed E-state index contributed by atoms with van der Waals surface area (Å²) in [5, 5.41) is 6.25. The van der Waals surface area contributed by atoms with E-state index in [0.717, 1.165) is 10.1 Å². The van der Waals surface area contributed by atoms with Gasteiger partial charge in [0.15, 0.2) is 11.5 Å². The lowest BCUT2D eigenvalue weighted by molar-refractivity contribution is -0.121. The molecule has 32 heavy (non-hydrogen) atoms. The Hall–Kier alpha value is -3.89. The predicted molar refractivity (Wildman–Crippen MR) is 113 cm³/mol. The van der Waals surface area contributed by atoms with E-state index in [4.69, 9.17) is 18.7 Å². The van der Waals surface area contributed by atoms with Crippen LogP contribution in [0.3, 0.4) is 0 Å². The first-order valence-electron chi connectivity index (χ1n) is 9.91. The summed E-state index contributed by atoms with van der Waals surface area (Å²) in [7, 11) is 3.11. The van der Waals surface area contributed by atoms with Gasteiger partial charge < -0.3 is 24.1 Å². The highest BCUT2D eigenvalue weighted by Gasteiger charge is 2.24. The van der Waals surface area contributed by atoms with Crippen LogP contribution in [0.15, 0.2) is 27.5 Å². The summed E-state index contributed by atoms with van der Waals surface area (Å²) in [4.78, 5) is 41.5. The lowest BCUT2D eigenvalue weighted by Gasteiger charge is -2.11. The van der Waals surface area contributed by atoms with Crippen molar-refractivity contribution in [2.75, 3.05) is 27.4 Å². The van der Waals surface area contributed by atoms with Crippen LogP contribution < -0.4 is 20.3 Å². The van der Waals surface area contributed by atoms with Gasteiger partial charge in [0.25, 0.3) is 11.3 Å². The molecule has 3 aromatic rings. The van der Waals surface area contributed by atoms with Crippen molar-refractivity contribution in [2.24, 2.45) is 0 Å². The Morgan fingerprint density at radius 2 is 1.94 bits per heavy atom. The molecule has 0 fully saturated rings. The van der Waals surface area contributed by atoms with E-state index in [1.807, 2.05) is 12.1 Å². The number of aryl methyl sites for hydroxylation is 1. The number of aromatic nitrogens is 3. The molecule has 0 radical (unpaired) electrons. The summed E-state index contributed by atoms with van der Waals surface area (Å²) in [6.07, 6.45) is 0.552. The molecular weight excluding hydrogens is 420 g/mol. The third kappa shape index (κ3) is 4.71. The number of hydrogen-bond donors (Lipinski definition) is 1. The van der Waals surface area contributed by atoms with Gasteiger partial charge in [0, 0.05) is 6.54 Å². The molecule has 0 bridgehead atoms. The summed E-state index contributed by atoms with van der Waals surface area (Å²) in [6.45, 7) is 3.38. The Kier molecular flexibility index (Phi) is 7.08. The highest BCUT2D eigenvalue weighted by atomic mass is 16.5. The molecule has 0 aliphatic carbocycles. The van der Waals surface area contributed by atoms with Crippen LogP contribution in [-0.4, -0.2) is 54.0 Å². The Labute approximate surface area is 183 Å². The van der Waals surface area contributed by atoms with Crippen LogP contribution >= 0.6 is 0 Å². The van der Waals surface area contributed by atoms with Gasteiger partial charge in [-0.05, 0) is 38.0 Å². The van der Waals surface area contributed by atoms with E-state index in [9.17, 15) is 14.4 Å². The van der Waals surface area contributed by atoms with Gasteiger partial charge in [-0.1, -0.05) is 11.2 Å². The van der Waals surface area contributed by atoms with Crippen molar-refractivity contribution in [3.05, 3.63) is 45.6 Å². The Morgan fingerprint density at radius 3 is 2.62 bits per heavy atom. The number of rotatable bonds is 9. The first-order chi connectivity index (χ1) is 15.4. The minimum Gasteiger partial charge on any atom is -0.493 e. The molecule has 11 nitrogen and oxygen atoms in total. The number of nitrogens with one attached hydrogen (secondary N) is 1. The Morgan fingerprint density at radius 1 is 1.19 bits per heavy atom. The van der Waals surface area contributed by atoms with Gasteiger partial charge >= 0.3 is 5.97 Å². The molecule has 170 valence electrons. The highest BCUT2D eigenvalue weighted by Crippen LogP contribution is 2.27. The van der Waals surface area contributed by atoms with E-state index in [-0.39, 0.29) is 41.7 Å². The molecule has 11 heteroatoms. The smallest absolute Gasteiger partial charge is 0.361 e. The van der Waals surface area contributed by atoms with Crippen LogP contribution in [0.2, 0.25) is 0 Å². The molecule has 0 aliphatic heterocycles. The number of methoxy groups -OCH3 is 2. The van der Waals surface area contributed by atoms with Crippen molar-refractivity contribution in [3.8, 4) is 11.5 Å². The highest BCUT2D eigenvalue weighted by molar-refractivity contribution is 5.99. The van der Waals surface area contributed by atoms with Crippen molar-refractivity contribution >= 4 is 23.0 Å². The van der Waals surface area contributed by atoms with E-state index >= 15 is 0 Å². The van der Waals surface area contributed by atoms with Crippen LogP contribution in [0.4, 0.5) is 0 Å². The SMILES string of the molecule is CCOC(=O)c1noc2nc(C)n(CC(=O)NCCc3ccc(OC)c(OC)c3)c(=O)c12. The molecule has 0 spiro atoms. The van der Waals surface area contributed by atoms with E-state index in [1.165, 1.54) is 0 Å². The summed E-state index contributed by atoms with van der Waals surface area (Å²) < 4.78 is 21.5. The molecular formula is C21H24N4O7. The Balaban J connectivity index is 1.71. The molecule has 3 rings (SSSR count). The lowest BCUT2D eigenvalue weighted by atomic mass is 10.1. The molecule has 1 aromatic carbocycles. The largest absolute Gasteiger partial charge is 0.493 e. The van der Waals surface area contributed by atoms with E-state index in [0.29, 0.717) is 24.5 Å². The van der Waals surface area contributed by atoms with Crippen molar-refractivity contribution in [1.82, 2.24) is 20.0 Å². The van der Waals surface area contributed by atoms with E-state index in [1.54, 1.807) is 34.1 Å². The standard InChI is InChI=1S/C21H24N4O7/c1-5-31-21(28)18-17-19(32-24-18)23-12(2)25(20(17)27)11-16(26)22-9-8-13-6-7-14(29-3)15(10-13)30-4/h6-7,10H,5,8-9,11H2,1-4H3,(H,22,26). The zero-order valence-electron chi connectivity index (χ0n) is 18.3. The summed E-state index contributed by atoms with van der Waals surface area (Å²) in [5.74, 6) is 0.299. The number of nitrogens with zero attached hydrogens (tertiary/aromatic N) is 3. The van der Waals surface area contributed by atoms with Crippen LogP contribution in [0.25, 0.3) is 11.1 Å². The fourth-order valence-electron chi connectivity index (χ4n) is 3.15. The maximum absolute atomic E-state index is 12.9. The predicted octanol–water partition coefficient (Wildman–Crippen LogP) is 1.25. The number of benzene rings is 1. The van der Waals surface area contributed by atoms with Crippen LogP contribution in [0, 0.1) is 6.92 Å². The number of carbonyl (C=O) groups is 2. The Bertz CT molecular complexity index is 1200. The minimum absolute atomic E-state index is 0.0827. The summed E-state index contributed by atoms with van der Waals surface area (Å²) in [6, 6.07) is 5.50. The van der Waals surface area contributed by atoms with Gasteiger partial charge in [0.1, 0.15) is 17.8 Å². The zero-order chi connectivity index (χ0) is 23.3. The quantitative estimate of drug-likeness (QED) is 0.484. The van der Waals surface area contributed by atoms with Gasteiger partial charge in [-0.15, -0.1) is 0 Å². The molecule has 0 unspecified atom stereocenters. The second kappa shape index (κ2) is 9.94.